The van der Waals surface area contributed by atoms with Gasteiger partial charge in [0.2, 0.25) is 0 Å². The molecule has 9 heteroatoms. The SMILES string of the molecule is CCC(C)(CC)C(=O)OC(C)(OCCCC(C)(C)CCC(C)(C)S(=O)(=O)[O-])C(=O)OC. The Morgan fingerprint density at radius 3 is 1.81 bits per heavy atom. The molecule has 0 fully saturated rings. The lowest BCUT2D eigenvalue weighted by Gasteiger charge is -2.34. The van der Waals surface area contributed by atoms with Gasteiger partial charge in [-0.1, -0.05) is 27.7 Å². The van der Waals surface area contributed by atoms with Gasteiger partial charge in [0.15, 0.2) is 0 Å². The highest BCUT2D eigenvalue weighted by atomic mass is 32.2. The van der Waals surface area contributed by atoms with Crippen LogP contribution >= 0.6 is 0 Å². The number of hydrogen-bond acceptors (Lipinski definition) is 8. The van der Waals surface area contributed by atoms with Crippen molar-refractivity contribution >= 4 is 22.1 Å². The quantitative estimate of drug-likeness (QED) is 0.162. The van der Waals surface area contributed by atoms with Crippen molar-refractivity contribution in [3.63, 3.8) is 0 Å². The van der Waals surface area contributed by atoms with Gasteiger partial charge in [0.1, 0.15) is 0 Å². The van der Waals surface area contributed by atoms with Crippen molar-refractivity contribution in [2.45, 2.75) is 104 Å². The number of hydrogen-bond donors (Lipinski definition) is 0. The van der Waals surface area contributed by atoms with E-state index in [9.17, 15) is 22.6 Å². The fourth-order valence-electron chi connectivity index (χ4n) is 2.86. The van der Waals surface area contributed by atoms with Gasteiger partial charge in [-0.3, -0.25) is 4.79 Å². The van der Waals surface area contributed by atoms with Gasteiger partial charge in [-0.05, 0) is 64.7 Å². The van der Waals surface area contributed by atoms with Crippen molar-refractivity contribution < 1.29 is 36.8 Å². The molecule has 0 N–H and O–H groups in total. The third-order valence-corrected chi connectivity index (χ3v) is 7.91. The minimum atomic E-state index is -4.38. The molecule has 0 saturated heterocycles. The molecule has 0 aromatic rings. The summed E-state index contributed by atoms with van der Waals surface area (Å²) in [5.41, 5.74) is -0.970. The summed E-state index contributed by atoms with van der Waals surface area (Å²) in [5, 5.41) is 0. The van der Waals surface area contributed by atoms with Crippen LogP contribution in [0.4, 0.5) is 0 Å². The molecule has 0 radical (unpaired) electrons. The molecule has 0 bridgehead atoms. The normalized spacial score (nSPS) is 15.3. The lowest BCUT2D eigenvalue weighted by molar-refractivity contribution is -0.241. The Kier molecular flexibility index (Phi) is 10.7. The van der Waals surface area contributed by atoms with Crippen LogP contribution in [-0.2, 0) is 33.9 Å². The third kappa shape index (κ3) is 8.69. The Hall–Kier alpha value is -1.19. The van der Waals surface area contributed by atoms with Crippen molar-refractivity contribution in [1.29, 1.82) is 0 Å². The minimum Gasteiger partial charge on any atom is -0.748 e. The molecule has 0 spiro atoms. The maximum Gasteiger partial charge on any atom is 0.379 e. The molecule has 0 aromatic heterocycles. The van der Waals surface area contributed by atoms with Crippen molar-refractivity contribution in [3.05, 3.63) is 0 Å². The Bertz CT molecular complexity index is 707. The summed E-state index contributed by atoms with van der Waals surface area (Å²) in [6.07, 6.45) is 3.11. The molecular formula is C22H41O8S-. The first-order valence-corrected chi connectivity index (χ1v) is 12.2. The smallest absolute Gasteiger partial charge is 0.379 e. The lowest BCUT2D eigenvalue weighted by Crippen LogP contribution is -2.47. The Morgan fingerprint density at radius 2 is 1.39 bits per heavy atom. The fraction of sp³-hybridized carbons (Fsp3) is 0.909. The molecule has 184 valence electrons. The molecule has 8 nitrogen and oxygen atoms in total. The summed E-state index contributed by atoms with van der Waals surface area (Å²) in [4.78, 5) is 24.9. The van der Waals surface area contributed by atoms with Gasteiger partial charge >= 0.3 is 17.7 Å². The van der Waals surface area contributed by atoms with Gasteiger partial charge < -0.3 is 18.8 Å². The largest absolute Gasteiger partial charge is 0.748 e. The molecular weight excluding hydrogens is 424 g/mol. The molecule has 0 aliphatic heterocycles. The minimum absolute atomic E-state index is 0.139. The van der Waals surface area contributed by atoms with E-state index in [1.165, 1.54) is 27.9 Å². The first-order valence-electron chi connectivity index (χ1n) is 10.8. The van der Waals surface area contributed by atoms with E-state index < -0.39 is 38.0 Å². The summed E-state index contributed by atoms with van der Waals surface area (Å²) >= 11 is 0. The van der Waals surface area contributed by atoms with Gasteiger partial charge in [0.25, 0.3) is 0 Å². The maximum atomic E-state index is 12.6. The highest BCUT2D eigenvalue weighted by molar-refractivity contribution is 7.87. The van der Waals surface area contributed by atoms with Crippen LogP contribution < -0.4 is 0 Å². The lowest BCUT2D eigenvalue weighted by atomic mass is 9.81. The van der Waals surface area contributed by atoms with Crippen LogP contribution in [0.25, 0.3) is 0 Å². The number of carbonyl (C=O) groups excluding carboxylic acids is 2. The predicted molar refractivity (Wildman–Crippen MR) is 117 cm³/mol. The molecule has 0 aromatic carbocycles. The van der Waals surface area contributed by atoms with Crippen molar-refractivity contribution in [2.75, 3.05) is 13.7 Å². The van der Waals surface area contributed by atoms with E-state index >= 15 is 0 Å². The topological polar surface area (TPSA) is 119 Å². The van der Waals surface area contributed by atoms with Crippen LogP contribution in [0.3, 0.4) is 0 Å². The molecule has 0 aliphatic carbocycles. The highest BCUT2D eigenvalue weighted by Crippen LogP contribution is 2.34. The van der Waals surface area contributed by atoms with E-state index in [2.05, 4.69) is 0 Å². The van der Waals surface area contributed by atoms with Crippen LogP contribution in [0.15, 0.2) is 0 Å². The summed E-state index contributed by atoms with van der Waals surface area (Å²) < 4.78 is 48.7. The van der Waals surface area contributed by atoms with Crippen LogP contribution in [0.5, 0.6) is 0 Å². The molecule has 0 saturated carbocycles. The van der Waals surface area contributed by atoms with Crippen LogP contribution in [-0.4, -0.2) is 49.2 Å². The van der Waals surface area contributed by atoms with Crippen LogP contribution in [0, 0.1) is 10.8 Å². The van der Waals surface area contributed by atoms with Crippen molar-refractivity contribution in [3.8, 4) is 0 Å². The number of esters is 2. The number of ether oxygens (including phenoxy) is 3. The third-order valence-electron chi connectivity index (χ3n) is 6.35. The molecule has 1 unspecified atom stereocenters. The number of carbonyl (C=O) groups is 2. The van der Waals surface area contributed by atoms with Crippen molar-refractivity contribution in [1.82, 2.24) is 0 Å². The van der Waals surface area contributed by atoms with Crippen molar-refractivity contribution in [2.24, 2.45) is 10.8 Å². The summed E-state index contributed by atoms with van der Waals surface area (Å²) in [6.45, 7) is 13.9. The highest BCUT2D eigenvalue weighted by Gasteiger charge is 2.44. The average Bonchev–Trinajstić information content (AvgIpc) is 2.67. The van der Waals surface area contributed by atoms with E-state index in [1.54, 1.807) is 6.92 Å². The van der Waals surface area contributed by atoms with E-state index in [-0.39, 0.29) is 18.4 Å². The molecule has 1 atom stereocenters. The van der Waals surface area contributed by atoms with Crippen LogP contribution in [0.1, 0.15) is 93.9 Å². The first-order chi connectivity index (χ1) is 13.9. The Labute approximate surface area is 188 Å². The molecule has 0 rings (SSSR count). The first kappa shape index (κ1) is 29.8. The second-order valence-electron chi connectivity index (χ2n) is 9.92. The Balaban J connectivity index is 4.97. The number of rotatable bonds is 14. The van der Waals surface area contributed by atoms with Gasteiger partial charge in [-0.2, -0.15) is 0 Å². The number of methoxy groups -OCH3 is 1. The molecule has 0 amide bonds. The zero-order valence-corrected chi connectivity index (χ0v) is 21.4. The van der Waals surface area contributed by atoms with Gasteiger partial charge in [-0.15, -0.1) is 0 Å². The van der Waals surface area contributed by atoms with Crippen LogP contribution in [0.2, 0.25) is 0 Å². The molecule has 0 aliphatic rings. The van der Waals surface area contributed by atoms with E-state index in [0.717, 1.165) is 0 Å². The summed E-state index contributed by atoms with van der Waals surface area (Å²) in [7, 11) is -3.18. The van der Waals surface area contributed by atoms with E-state index in [4.69, 9.17) is 14.2 Å². The zero-order valence-electron chi connectivity index (χ0n) is 20.6. The predicted octanol–water partition coefficient (Wildman–Crippen LogP) is 4.17. The van der Waals surface area contributed by atoms with Gasteiger partial charge in [0.05, 0.1) is 34.0 Å². The fourth-order valence-corrected chi connectivity index (χ4v) is 3.21. The summed E-state index contributed by atoms with van der Waals surface area (Å²) in [5.74, 6) is -3.16. The maximum absolute atomic E-state index is 12.6. The molecule has 31 heavy (non-hydrogen) atoms. The Morgan fingerprint density at radius 1 is 0.871 bits per heavy atom. The monoisotopic (exact) mass is 465 g/mol. The van der Waals surface area contributed by atoms with E-state index in [0.29, 0.717) is 32.1 Å². The second-order valence-corrected chi connectivity index (χ2v) is 11.9. The summed E-state index contributed by atoms with van der Waals surface area (Å²) in [6, 6.07) is 0. The van der Waals surface area contributed by atoms with E-state index in [1.807, 2.05) is 27.7 Å². The average molecular weight is 466 g/mol. The van der Waals surface area contributed by atoms with Gasteiger partial charge in [-0.25, -0.2) is 13.2 Å². The standard InChI is InChI=1S/C22H42O8S/c1-10-21(7,11-2)17(23)30-22(8,18(24)28-9)29-16-12-13-19(3,4)14-15-20(5,6)31(25,26)27/h10-16H2,1-9H3,(H,25,26,27)/p-1. The zero-order chi connectivity index (χ0) is 24.7. The second kappa shape index (κ2) is 11.1. The molecule has 0 heterocycles. The van der Waals surface area contributed by atoms with Gasteiger partial charge in [0, 0.05) is 6.92 Å².